The molecule has 0 spiro atoms. The van der Waals surface area contributed by atoms with E-state index in [9.17, 15) is 0 Å². The minimum absolute atomic E-state index is 0.464. The summed E-state index contributed by atoms with van der Waals surface area (Å²) >= 11 is 0. The first kappa shape index (κ1) is 8.79. The van der Waals surface area contributed by atoms with Crippen LogP contribution in [0.2, 0.25) is 0 Å². The van der Waals surface area contributed by atoms with Crippen molar-refractivity contribution in [2.75, 3.05) is 6.54 Å². The van der Waals surface area contributed by atoms with Crippen molar-refractivity contribution in [3.8, 4) is 0 Å². The lowest BCUT2D eigenvalue weighted by molar-refractivity contribution is 0.217. The van der Waals surface area contributed by atoms with Crippen molar-refractivity contribution in [2.24, 2.45) is 0 Å². The number of hydrogen-bond donors (Lipinski definition) is 1. The molecule has 1 aliphatic rings. The van der Waals surface area contributed by atoms with Crippen LogP contribution in [-0.4, -0.2) is 12.1 Å². The summed E-state index contributed by atoms with van der Waals surface area (Å²) in [5.74, 6) is 0. The molecule has 0 aromatic rings. The lowest BCUT2D eigenvalue weighted by Gasteiger charge is -2.39. The molecule has 1 heteroatoms. The van der Waals surface area contributed by atoms with E-state index in [0.29, 0.717) is 5.54 Å². The standard InChI is InChI=1S/C10H19N/c1-9(2)5-8-11-10(3)6-4-7-10/h5,11H,4,6-8H2,1-3H3. The molecule has 0 aromatic carbocycles. The van der Waals surface area contributed by atoms with E-state index in [1.165, 1.54) is 24.8 Å². The van der Waals surface area contributed by atoms with Crippen LogP contribution in [0.5, 0.6) is 0 Å². The molecule has 11 heavy (non-hydrogen) atoms. The van der Waals surface area contributed by atoms with Crippen LogP contribution < -0.4 is 5.32 Å². The lowest BCUT2D eigenvalue weighted by Crippen LogP contribution is -2.48. The molecule has 0 aromatic heterocycles. The summed E-state index contributed by atoms with van der Waals surface area (Å²) in [4.78, 5) is 0. The van der Waals surface area contributed by atoms with Gasteiger partial charge in [0.15, 0.2) is 0 Å². The fourth-order valence-electron chi connectivity index (χ4n) is 1.39. The van der Waals surface area contributed by atoms with Gasteiger partial charge in [0.2, 0.25) is 0 Å². The predicted molar refractivity (Wildman–Crippen MR) is 49.7 cm³/mol. The minimum atomic E-state index is 0.464. The molecule has 0 radical (unpaired) electrons. The normalized spacial score (nSPS) is 20.6. The van der Waals surface area contributed by atoms with E-state index in [1.54, 1.807) is 0 Å². The molecule has 1 fully saturated rings. The summed E-state index contributed by atoms with van der Waals surface area (Å²) in [5, 5.41) is 3.55. The van der Waals surface area contributed by atoms with Gasteiger partial charge in [-0.15, -0.1) is 0 Å². The smallest absolute Gasteiger partial charge is 0.0156 e. The first-order chi connectivity index (χ1) is 5.12. The van der Waals surface area contributed by atoms with Gasteiger partial charge in [-0.25, -0.2) is 0 Å². The molecule has 1 aliphatic carbocycles. The van der Waals surface area contributed by atoms with Gasteiger partial charge in [0.05, 0.1) is 0 Å². The molecule has 0 aliphatic heterocycles. The Morgan fingerprint density at radius 2 is 2.09 bits per heavy atom. The van der Waals surface area contributed by atoms with E-state index in [1.807, 2.05) is 0 Å². The summed E-state index contributed by atoms with van der Waals surface area (Å²) in [7, 11) is 0. The number of nitrogens with one attached hydrogen (secondary N) is 1. The van der Waals surface area contributed by atoms with Crippen molar-refractivity contribution in [1.82, 2.24) is 5.32 Å². The quantitative estimate of drug-likeness (QED) is 0.614. The molecule has 0 bridgehead atoms. The lowest BCUT2D eigenvalue weighted by atomic mass is 9.78. The zero-order valence-corrected chi connectivity index (χ0v) is 7.91. The summed E-state index contributed by atoms with van der Waals surface area (Å²) in [6.45, 7) is 7.64. The predicted octanol–water partition coefficient (Wildman–Crippen LogP) is 2.48. The van der Waals surface area contributed by atoms with Gasteiger partial charge in [0.1, 0.15) is 0 Å². The van der Waals surface area contributed by atoms with E-state index in [-0.39, 0.29) is 0 Å². The van der Waals surface area contributed by atoms with Gasteiger partial charge in [-0.3, -0.25) is 0 Å². The Labute approximate surface area is 69.9 Å². The van der Waals surface area contributed by atoms with Crippen molar-refractivity contribution >= 4 is 0 Å². The van der Waals surface area contributed by atoms with Crippen LogP contribution in [0.4, 0.5) is 0 Å². The van der Waals surface area contributed by atoms with Crippen LogP contribution in [-0.2, 0) is 0 Å². The van der Waals surface area contributed by atoms with Crippen LogP contribution >= 0.6 is 0 Å². The zero-order valence-electron chi connectivity index (χ0n) is 7.91. The Balaban J connectivity index is 2.16. The van der Waals surface area contributed by atoms with Gasteiger partial charge in [0.25, 0.3) is 0 Å². The first-order valence-corrected chi connectivity index (χ1v) is 4.51. The van der Waals surface area contributed by atoms with Gasteiger partial charge in [-0.1, -0.05) is 11.6 Å². The second kappa shape index (κ2) is 3.40. The van der Waals surface area contributed by atoms with E-state index in [0.717, 1.165) is 6.54 Å². The maximum absolute atomic E-state index is 3.55. The van der Waals surface area contributed by atoms with Gasteiger partial charge in [-0.2, -0.15) is 0 Å². The Morgan fingerprint density at radius 3 is 2.45 bits per heavy atom. The van der Waals surface area contributed by atoms with E-state index < -0.39 is 0 Å². The van der Waals surface area contributed by atoms with Gasteiger partial charge < -0.3 is 5.32 Å². The molecule has 1 N–H and O–H groups in total. The summed E-state index contributed by atoms with van der Waals surface area (Å²) in [6.07, 6.45) is 6.36. The molecule has 0 amide bonds. The van der Waals surface area contributed by atoms with Gasteiger partial charge in [0, 0.05) is 12.1 Å². The molecule has 1 rings (SSSR count). The molecule has 0 saturated heterocycles. The maximum Gasteiger partial charge on any atom is 0.0156 e. The highest BCUT2D eigenvalue weighted by molar-refractivity contribution is 4.98. The van der Waals surface area contributed by atoms with Crippen molar-refractivity contribution in [2.45, 2.75) is 45.6 Å². The minimum Gasteiger partial charge on any atom is -0.308 e. The van der Waals surface area contributed by atoms with E-state index in [2.05, 4.69) is 32.2 Å². The largest absolute Gasteiger partial charge is 0.308 e. The van der Waals surface area contributed by atoms with Gasteiger partial charge in [-0.05, 0) is 40.0 Å². The highest BCUT2D eigenvalue weighted by atomic mass is 15.0. The highest BCUT2D eigenvalue weighted by Gasteiger charge is 2.30. The van der Waals surface area contributed by atoms with Crippen molar-refractivity contribution in [1.29, 1.82) is 0 Å². The Morgan fingerprint density at radius 1 is 1.45 bits per heavy atom. The van der Waals surface area contributed by atoms with Crippen LogP contribution in [0.3, 0.4) is 0 Å². The maximum atomic E-state index is 3.55. The van der Waals surface area contributed by atoms with Gasteiger partial charge >= 0.3 is 0 Å². The van der Waals surface area contributed by atoms with Crippen LogP contribution in [0.1, 0.15) is 40.0 Å². The Bertz CT molecular complexity index is 150. The van der Waals surface area contributed by atoms with E-state index in [4.69, 9.17) is 0 Å². The topological polar surface area (TPSA) is 12.0 Å². The highest BCUT2D eigenvalue weighted by Crippen LogP contribution is 2.30. The number of allylic oxidation sites excluding steroid dienone is 1. The zero-order chi connectivity index (χ0) is 8.32. The molecular formula is C10H19N. The van der Waals surface area contributed by atoms with Crippen molar-refractivity contribution in [3.63, 3.8) is 0 Å². The molecular weight excluding hydrogens is 134 g/mol. The Hall–Kier alpha value is -0.300. The molecule has 1 nitrogen and oxygen atoms in total. The average molecular weight is 153 g/mol. The van der Waals surface area contributed by atoms with E-state index >= 15 is 0 Å². The third-order valence-corrected chi connectivity index (χ3v) is 2.50. The number of hydrogen-bond acceptors (Lipinski definition) is 1. The molecule has 0 unspecified atom stereocenters. The SMILES string of the molecule is CC(C)=CCNC1(C)CCC1. The third kappa shape index (κ3) is 2.66. The molecule has 0 atom stereocenters. The van der Waals surface area contributed by atoms with Crippen LogP contribution in [0.25, 0.3) is 0 Å². The fourth-order valence-corrected chi connectivity index (χ4v) is 1.39. The molecule has 0 heterocycles. The summed E-state index contributed by atoms with van der Waals surface area (Å²) in [6, 6.07) is 0. The van der Waals surface area contributed by atoms with Crippen molar-refractivity contribution in [3.05, 3.63) is 11.6 Å². The summed E-state index contributed by atoms with van der Waals surface area (Å²) in [5.41, 5.74) is 1.87. The van der Waals surface area contributed by atoms with Crippen molar-refractivity contribution < 1.29 is 0 Å². The Kier molecular flexibility index (Phi) is 2.72. The second-order valence-electron chi connectivity index (χ2n) is 4.08. The summed E-state index contributed by atoms with van der Waals surface area (Å²) < 4.78 is 0. The molecule has 64 valence electrons. The monoisotopic (exact) mass is 153 g/mol. The van der Waals surface area contributed by atoms with Crippen LogP contribution in [0, 0.1) is 0 Å². The third-order valence-electron chi connectivity index (χ3n) is 2.50. The second-order valence-corrected chi connectivity index (χ2v) is 4.08. The fraction of sp³-hybridized carbons (Fsp3) is 0.800. The average Bonchev–Trinajstić information content (AvgIpc) is 1.83. The number of rotatable bonds is 3. The molecule has 1 saturated carbocycles. The first-order valence-electron chi connectivity index (χ1n) is 4.51. The van der Waals surface area contributed by atoms with Crippen LogP contribution in [0.15, 0.2) is 11.6 Å².